The van der Waals surface area contributed by atoms with Gasteiger partial charge in [0, 0.05) is 23.0 Å². The number of nitrogens with two attached hydrogens (primary N) is 1. The van der Waals surface area contributed by atoms with E-state index in [1.165, 1.54) is 19.1 Å². The minimum atomic E-state index is -4.30. The van der Waals surface area contributed by atoms with Crippen LogP contribution >= 0.6 is 24.0 Å². The fraction of sp³-hybridized carbons (Fsp3) is 0.455. The van der Waals surface area contributed by atoms with Crippen molar-refractivity contribution in [1.29, 1.82) is 0 Å². The maximum Gasteiger partial charge on any atom is 0.389 e. The van der Waals surface area contributed by atoms with Gasteiger partial charge in [-0.2, -0.15) is 13.2 Å². The van der Waals surface area contributed by atoms with E-state index in [-0.39, 0.29) is 29.4 Å². The normalized spacial score (nSPS) is 13.1. The highest BCUT2D eigenvalue weighted by Crippen LogP contribution is 2.32. The molecular weight excluding hydrogens is 293 g/mol. The quantitative estimate of drug-likeness (QED) is 0.814. The topological polar surface area (TPSA) is 26.0 Å². The molecule has 7 heteroatoms. The maximum atomic E-state index is 13.7. The van der Waals surface area contributed by atoms with Gasteiger partial charge in [0.15, 0.2) is 0 Å². The Morgan fingerprint density at radius 2 is 1.89 bits per heavy atom. The summed E-state index contributed by atoms with van der Waals surface area (Å²) < 4.78 is 49.8. The van der Waals surface area contributed by atoms with Gasteiger partial charge in [-0.3, -0.25) is 0 Å². The minimum Gasteiger partial charge on any atom is -0.324 e. The zero-order valence-corrected chi connectivity index (χ0v) is 11.1. The van der Waals surface area contributed by atoms with E-state index < -0.39 is 24.5 Å². The molecule has 0 aliphatic rings. The average molecular weight is 306 g/mol. The molecule has 0 unspecified atom stereocenters. The number of hydrogen-bond donors (Lipinski definition) is 1. The summed E-state index contributed by atoms with van der Waals surface area (Å²) in [6.45, 7) is 1.51. The van der Waals surface area contributed by atoms with E-state index in [4.69, 9.17) is 17.3 Å². The van der Waals surface area contributed by atoms with Crippen LogP contribution in [-0.2, 0) is 0 Å². The third-order valence-electron chi connectivity index (χ3n) is 2.43. The minimum absolute atomic E-state index is 0. The second-order valence-electron chi connectivity index (χ2n) is 3.85. The van der Waals surface area contributed by atoms with Crippen LogP contribution in [0.2, 0.25) is 5.02 Å². The summed E-state index contributed by atoms with van der Waals surface area (Å²) in [6, 6.07) is 1.84. The van der Waals surface area contributed by atoms with Gasteiger partial charge in [-0.1, -0.05) is 17.7 Å². The standard InChI is InChI=1S/C11H12ClF4N.ClH/c1-6-2-3-7(12)9(10(6)13)8(17)4-5-11(14,15)16;/h2-3,8H,4-5,17H2,1H3;1H/t8-;/m0./s1. The lowest BCUT2D eigenvalue weighted by Gasteiger charge is -2.16. The molecular formula is C11H13Cl2F4N. The number of hydrogen-bond acceptors (Lipinski definition) is 1. The van der Waals surface area contributed by atoms with Crippen LogP contribution < -0.4 is 5.73 Å². The molecule has 0 saturated heterocycles. The Morgan fingerprint density at radius 3 is 2.39 bits per heavy atom. The first-order chi connectivity index (χ1) is 7.72. The van der Waals surface area contributed by atoms with E-state index in [1.807, 2.05) is 0 Å². The van der Waals surface area contributed by atoms with Crippen molar-refractivity contribution in [3.8, 4) is 0 Å². The van der Waals surface area contributed by atoms with Crippen molar-refractivity contribution < 1.29 is 17.6 Å². The van der Waals surface area contributed by atoms with Crippen molar-refractivity contribution in [1.82, 2.24) is 0 Å². The van der Waals surface area contributed by atoms with Gasteiger partial charge in [0.05, 0.1) is 0 Å². The van der Waals surface area contributed by atoms with E-state index in [2.05, 4.69) is 0 Å². The van der Waals surface area contributed by atoms with E-state index >= 15 is 0 Å². The molecule has 0 spiro atoms. The van der Waals surface area contributed by atoms with Crippen LogP contribution in [0.3, 0.4) is 0 Å². The molecule has 0 amide bonds. The number of halogens is 6. The predicted molar refractivity (Wildman–Crippen MR) is 65.6 cm³/mol. The number of alkyl halides is 3. The average Bonchev–Trinajstić information content (AvgIpc) is 2.20. The van der Waals surface area contributed by atoms with Gasteiger partial charge in [0.1, 0.15) is 5.82 Å². The molecule has 0 aliphatic heterocycles. The zero-order valence-electron chi connectivity index (χ0n) is 9.52. The predicted octanol–water partition coefficient (Wildman–Crippen LogP) is 4.55. The van der Waals surface area contributed by atoms with Crippen molar-refractivity contribution in [3.63, 3.8) is 0 Å². The van der Waals surface area contributed by atoms with Crippen LogP contribution in [-0.4, -0.2) is 6.18 Å². The first-order valence-corrected chi connectivity index (χ1v) is 5.37. The number of aryl methyl sites for hydroxylation is 1. The number of rotatable bonds is 3. The summed E-state index contributed by atoms with van der Waals surface area (Å²) in [5, 5.41) is 0.0581. The Bertz CT molecular complexity index is 407. The molecule has 0 radical (unpaired) electrons. The summed E-state index contributed by atoms with van der Waals surface area (Å²) in [6.07, 6.45) is -5.74. The Labute approximate surface area is 114 Å². The fourth-order valence-electron chi connectivity index (χ4n) is 1.48. The second kappa shape index (κ2) is 6.59. The molecule has 0 aliphatic carbocycles. The SMILES string of the molecule is Cc1ccc(Cl)c([C@@H](N)CCC(F)(F)F)c1F.Cl. The Hall–Kier alpha value is -0.520. The van der Waals surface area contributed by atoms with Crippen molar-refractivity contribution in [3.05, 3.63) is 34.1 Å². The lowest BCUT2D eigenvalue weighted by molar-refractivity contribution is -0.136. The van der Waals surface area contributed by atoms with Crippen LogP contribution in [0.4, 0.5) is 17.6 Å². The van der Waals surface area contributed by atoms with E-state index in [9.17, 15) is 17.6 Å². The van der Waals surface area contributed by atoms with Crippen LogP contribution in [0.5, 0.6) is 0 Å². The molecule has 0 bridgehead atoms. The third kappa shape index (κ3) is 4.63. The van der Waals surface area contributed by atoms with Crippen LogP contribution in [0.1, 0.15) is 30.0 Å². The fourth-order valence-corrected chi connectivity index (χ4v) is 1.77. The van der Waals surface area contributed by atoms with Crippen molar-refractivity contribution in [2.75, 3.05) is 0 Å². The van der Waals surface area contributed by atoms with Crippen LogP contribution in [0.25, 0.3) is 0 Å². The maximum absolute atomic E-state index is 13.7. The Balaban J connectivity index is 0.00000289. The summed E-state index contributed by atoms with van der Waals surface area (Å²) in [7, 11) is 0. The summed E-state index contributed by atoms with van der Waals surface area (Å²) in [5.41, 5.74) is 5.81. The van der Waals surface area contributed by atoms with Gasteiger partial charge in [-0.05, 0) is 25.0 Å². The largest absolute Gasteiger partial charge is 0.389 e. The van der Waals surface area contributed by atoms with E-state index in [0.717, 1.165) is 0 Å². The van der Waals surface area contributed by atoms with Gasteiger partial charge in [-0.25, -0.2) is 4.39 Å². The lowest BCUT2D eigenvalue weighted by Crippen LogP contribution is -2.17. The van der Waals surface area contributed by atoms with Gasteiger partial charge in [0.25, 0.3) is 0 Å². The summed E-state index contributed by atoms with van der Waals surface area (Å²) >= 11 is 5.75. The van der Waals surface area contributed by atoms with Gasteiger partial charge in [0.2, 0.25) is 0 Å². The monoisotopic (exact) mass is 305 g/mol. The van der Waals surface area contributed by atoms with E-state index in [0.29, 0.717) is 5.56 Å². The molecule has 0 heterocycles. The molecule has 0 fully saturated rings. The molecule has 1 rings (SSSR count). The summed E-state index contributed by atoms with van der Waals surface area (Å²) in [5.74, 6) is -0.632. The molecule has 2 N–H and O–H groups in total. The highest BCUT2D eigenvalue weighted by Gasteiger charge is 2.29. The van der Waals surface area contributed by atoms with E-state index in [1.54, 1.807) is 0 Å². The Morgan fingerprint density at radius 1 is 1.33 bits per heavy atom. The third-order valence-corrected chi connectivity index (χ3v) is 2.76. The van der Waals surface area contributed by atoms with Crippen molar-refractivity contribution >= 4 is 24.0 Å². The number of benzene rings is 1. The highest BCUT2D eigenvalue weighted by atomic mass is 35.5. The highest BCUT2D eigenvalue weighted by molar-refractivity contribution is 6.31. The lowest BCUT2D eigenvalue weighted by atomic mass is 10.00. The Kier molecular flexibility index (Phi) is 6.40. The van der Waals surface area contributed by atoms with Gasteiger partial charge >= 0.3 is 6.18 Å². The molecule has 1 aromatic carbocycles. The van der Waals surface area contributed by atoms with Crippen LogP contribution in [0, 0.1) is 12.7 Å². The second-order valence-corrected chi connectivity index (χ2v) is 4.26. The van der Waals surface area contributed by atoms with Crippen molar-refractivity contribution in [2.24, 2.45) is 5.73 Å². The molecule has 1 aromatic rings. The molecule has 0 saturated carbocycles. The first-order valence-electron chi connectivity index (χ1n) is 4.99. The first kappa shape index (κ1) is 17.5. The molecule has 0 aromatic heterocycles. The summed E-state index contributed by atoms with van der Waals surface area (Å²) in [4.78, 5) is 0. The van der Waals surface area contributed by atoms with Crippen molar-refractivity contribution in [2.45, 2.75) is 32.0 Å². The van der Waals surface area contributed by atoms with Gasteiger partial charge in [-0.15, -0.1) is 12.4 Å². The molecule has 1 nitrogen and oxygen atoms in total. The van der Waals surface area contributed by atoms with Crippen LogP contribution in [0.15, 0.2) is 12.1 Å². The zero-order chi connectivity index (χ0) is 13.2. The smallest absolute Gasteiger partial charge is 0.324 e. The molecule has 104 valence electrons. The molecule has 1 atom stereocenters. The molecule has 18 heavy (non-hydrogen) atoms. The van der Waals surface area contributed by atoms with Gasteiger partial charge < -0.3 is 5.73 Å².